The van der Waals surface area contributed by atoms with Gasteiger partial charge < -0.3 is 10.2 Å². The lowest BCUT2D eigenvalue weighted by molar-refractivity contribution is 0.231. The van der Waals surface area contributed by atoms with Crippen LogP contribution in [0.4, 0.5) is 0 Å². The molecule has 0 unspecified atom stereocenters. The SMILES string of the molecule is CNCCN1CCCCC1.Cl. The van der Waals surface area contributed by atoms with E-state index in [-0.39, 0.29) is 12.4 Å². The number of rotatable bonds is 3. The van der Waals surface area contributed by atoms with Crippen molar-refractivity contribution in [2.45, 2.75) is 19.3 Å². The Bertz CT molecular complexity index is 82.2. The summed E-state index contributed by atoms with van der Waals surface area (Å²) in [6.45, 7) is 5.01. The molecule has 1 aliphatic rings. The maximum Gasteiger partial charge on any atom is 0.0107 e. The zero-order valence-electron chi connectivity index (χ0n) is 7.31. The minimum absolute atomic E-state index is 0. The van der Waals surface area contributed by atoms with Crippen LogP contribution in [-0.4, -0.2) is 38.1 Å². The molecule has 0 spiro atoms. The lowest BCUT2D eigenvalue weighted by atomic mass is 10.1. The number of nitrogens with zero attached hydrogens (tertiary/aromatic N) is 1. The molecule has 0 atom stereocenters. The summed E-state index contributed by atoms with van der Waals surface area (Å²) < 4.78 is 0. The summed E-state index contributed by atoms with van der Waals surface area (Å²) in [4.78, 5) is 2.54. The second-order valence-corrected chi connectivity index (χ2v) is 3.01. The smallest absolute Gasteiger partial charge is 0.0107 e. The molecule has 1 saturated heterocycles. The van der Waals surface area contributed by atoms with Gasteiger partial charge in [-0.05, 0) is 33.0 Å². The Labute approximate surface area is 75.8 Å². The van der Waals surface area contributed by atoms with Crippen LogP contribution in [0.5, 0.6) is 0 Å². The van der Waals surface area contributed by atoms with Gasteiger partial charge in [0.1, 0.15) is 0 Å². The monoisotopic (exact) mass is 178 g/mol. The molecule has 1 aliphatic heterocycles. The molecule has 0 radical (unpaired) electrons. The van der Waals surface area contributed by atoms with E-state index in [2.05, 4.69) is 10.2 Å². The van der Waals surface area contributed by atoms with Gasteiger partial charge in [0.25, 0.3) is 0 Å². The highest BCUT2D eigenvalue weighted by Crippen LogP contribution is 2.06. The molecule has 1 heterocycles. The van der Waals surface area contributed by atoms with Crippen LogP contribution in [0.1, 0.15) is 19.3 Å². The third-order valence-corrected chi connectivity index (χ3v) is 2.13. The number of hydrogen-bond donors (Lipinski definition) is 1. The van der Waals surface area contributed by atoms with E-state index in [9.17, 15) is 0 Å². The van der Waals surface area contributed by atoms with Crippen LogP contribution in [-0.2, 0) is 0 Å². The molecule has 0 aromatic carbocycles. The van der Waals surface area contributed by atoms with Crippen molar-refractivity contribution in [1.29, 1.82) is 0 Å². The lowest BCUT2D eigenvalue weighted by Crippen LogP contribution is -2.34. The molecule has 0 amide bonds. The Morgan fingerprint density at radius 1 is 1.18 bits per heavy atom. The molecule has 0 saturated carbocycles. The van der Waals surface area contributed by atoms with E-state index in [0.29, 0.717) is 0 Å². The molecule has 1 fully saturated rings. The fraction of sp³-hybridized carbons (Fsp3) is 1.00. The van der Waals surface area contributed by atoms with Crippen molar-refractivity contribution in [2.24, 2.45) is 0 Å². The molecule has 0 aliphatic carbocycles. The number of likely N-dealkylation sites (N-methyl/N-ethyl adjacent to an activating group) is 1. The van der Waals surface area contributed by atoms with E-state index in [1.165, 1.54) is 38.9 Å². The molecule has 0 aromatic heterocycles. The molecule has 3 heteroatoms. The van der Waals surface area contributed by atoms with Gasteiger partial charge in [0.15, 0.2) is 0 Å². The summed E-state index contributed by atoms with van der Waals surface area (Å²) in [7, 11) is 2.02. The van der Waals surface area contributed by atoms with Crippen LogP contribution in [0.25, 0.3) is 0 Å². The highest BCUT2D eigenvalue weighted by atomic mass is 35.5. The van der Waals surface area contributed by atoms with E-state index in [4.69, 9.17) is 0 Å². The van der Waals surface area contributed by atoms with Gasteiger partial charge in [-0.15, -0.1) is 12.4 Å². The third-order valence-electron chi connectivity index (χ3n) is 2.13. The van der Waals surface area contributed by atoms with Crippen molar-refractivity contribution in [3.63, 3.8) is 0 Å². The minimum Gasteiger partial charge on any atom is -0.318 e. The van der Waals surface area contributed by atoms with E-state index in [1.807, 2.05) is 7.05 Å². The van der Waals surface area contributed by atoms with Crippen LogP contribution in [0.2, 0.25) is 0 Å². The molecule has 0 bridgehead atoms. The third kappa shape index (κ3) is 4.62. The zero-order chi connectivity index (χ0) is 7.23. The van der Waals surface area contributed by atoms with Gasteiger partial charge in [-0.2, -0.15) is 0 Å². The average molecular weight is 179 g/mol. The predicted molar refractivity (Wildman–Crippen MR) is 51.5 cm³/mol. The van der Waals surface area contributed by atoms with Gasteiger partial charge in [0.2, 0.25) is 0 Å². The van der Waals surface area contributed by atoms with Gasteiger partial charge in [0, 0.05) is 13.1 Å². The fourth-order valence-electron chi connectivity index (χ4n) is 1.45. The average Bonchev–Trinajstić information content (AvgIpc) is 2.03. The largest absolute Gasteiger partial charge is 0.318 e. The lowest BCUT2D eigenvalue weighted by Gasteiger charge is -2.25. The van der Waals surface area contributed by atoms with Crippen molar-refractivity contribution in [1.82, 2.24) is 10.2 Å². The number of halogens is 1. The zero-order valence-corrected chi connectivity index (χ0v) is 8.12. The number of likely N-dealkylation sites (tertiary alicyclic amines) is 1. The van der Waals surface area contributed by atoms with E-state index in [0.717, 1.165) is 6.54 Å². The minimum atomic E-state index is 0. The summed E-state index contributed by atoms with van der Waals surface area (Å²) in [5, 5.41) is 3.17. The van der Waals surface area contributed by atoms with Gasteiger partial charge in [0.05, 0.1) is 0 Å². The fourth-order valence-corrected chi connectivity index (χ4v) is 1.45. The summed E-state index contributed by atoms with van der Waals surface area (Å²) in [6, 6.07) is 0. The van der Waals surface area contributed by atoms with Gasteiger partial charge >= 0.3 is 0 Å². The molecule has 68 valence electrons. The maximum atomic E-state index is 3.17. The molecule has 1 N–H and O–H groups in total. The Balaban J connectivity index is 0.000001000. The number of piperidine rings is 1. The first-order chi connectivity index (χ1) is 4.93. The molecule has 1 rings (SSSR count). The first-order valence-electron chi connectivity index (χ1n) is 4.30. The topological polar surface area (TPSA) is 15.3 Å². The molecule has 2 nitrogen and oxygen atoms in total. The van der Waals surface area contributed by atoms with Gasteiger partial charge in [-0.3, -0.25) is 0 Å². The summed E-state index contributed by atoms with van der Waals surface area (Å²) >= 11 is 0. The van der Waals surface area contributed by atoms with E-state index >= 15 is 0 Å². The van der Waals surface area contributed by atoms with Gasteiger partial charge in [-0.1, -0.05) is 6.42 Å². The molecule has 11 heavy (non-hydrogen) atoms. The number of hydrogen-bond acceptors (Lipinski definition) is 2. The van der Waals surface area contributed by atoms with Crippen molar-refractivity contribution in [3.8, 4) is 0 Å². The standard InChI is InChI=1S/C8H18N2.ClH/c1-9-5-8-10-6-3-2-4-7-10;/h9H,2-8H2,1H3;1H. The quantitative estimate of drug-likeness (QED) is 0.697. The van der Waals surface area contributed by atoms with Gasteiger partial charge in [-0.25, -0.2) is 0 Å². The summed E-state index contributed by atoms with van der Waals surface area (Å²) in [6.07, 6.45) is 4.25. The highest BCUT2D eigenvalue weighted by molar-refractivity contribution is 5.85. The number of nitrogens with one attached hydrogen (secondary N) is 1. The second kappa shape index (κ2) is 6.89. The van der Waals surface area contributed by atoms with Crippen molar-refractivity contribution >= 4 is 12.4 Å². The van der Waals surface area contributed by atoms with Crippen LogP contribution >= 0.6 is 12.4 Å². The Hall–Kier alpha value is 0.210. The van der Waals surface area contributed by atoms with E-state index in [1.54, 1.807) is 0 Å². The van der Waals surface area contributed by atoms with Crippen molar-refractivity contribution in [3.05, 3.63) is 0 Å². The molecule has 0 aromatic rings. The maximum absolute atomic E-state index is 3.17. The van der Waals surface area contributed by atoms with Crippen LogP contribution in [0.3, 0.4) is 0 Å². The first kappa shape index (κ1) is 11.2. The van der Waals surface area contributed by atoms with E-state index < -0.39 is 0 Å². The van der Waals surface area contributed by atoms with Crippen molar-refractivity contribution < 1.29 is 0 Å². The normalized spacial score (nSPS) is 19.4. The second-order valence-electron chi connectivity index (χ2n) is 3.01. The Kier molecular flexibility index (Phi) is 7.02. The highest BCUT2D eigenvalue weighted by Gasteiger charge is 2.07. The Morgan fingerprint density at radius 3 is 2.36 bits per heavy atom. The predicted octanol–water partition coefficient (Wildman–Crippen LogP) is 1.11. The first-order valence-corrected chi connectivity index (χ1v) is 4.30. The molecular weight excluding hydrogens is 160 g/mol. The van der Waals surface area contributed by atoms with Crippen LogP contribution in [0.15, 0.2) is 0 Å². The molecular formula is C8H19ClN2. The van der Waals surface area contributed by atoms with Crippen LogP contribution in [0, 0.1) is 0 Å². The van der Waals surface area contributed by atoms with Crippen molar-refractivity contribution in [2.75, 3.05) is 33.2 Å². The van der Waals surface area contributed by atoms with Crippen LogP contribution < -0.4 is 5.32 Å². The Morgan fingerprint density at radius 2 is 1.82 bits per heavy atom. The summed E-state index contributed by atoms with van der Waals surface area (Å²) in [5.41, 5.74) is 0. The summed E-state index contributed by atoms with van der Waals surface area (Å²) in [5.74, 6) is 0.